The average Bonchev–Trinajstić information content (AvgIpc) is 2.08. The van der Waals surface area contributed by atoms with E-state index in [1.807, 2.05) is 26.1 Å². The van der Waals surface area contributed by atoms with Crippen molar-refractivity contribution in [3.05, 3.63) is 23.9 Å². The Morgan fingerprint density at radius 3 is 2.36 bits per heavy atom. The second kappa shape index (κ2) is 6.30. The standard InChI is InChI=1S/C7H10NP.C2H6/c1-6-3-4-8-7(5-6)9-2;1-2/h3-5,9H,1-2H3;1-2H3. The van der Waals surface area contributed by atoms with Crippen LogP contribution in [0.2, 0.25) is 0 Å². The van der Waals surface area contributed by atoms with Crippen molar-refractivity contribution < 1.29 is 0 Å². The van der Waals surface area contributed by atoms with Crippen LogP contribution >= 0.6 is 8.58 Å². The maximum atomic E-state index is 4.17. The van der Waals surface area contributed by atoms with Crippen LogP contribution in [-0.2, 0) is 0 Å². The minimum Gasteiger partial charge on any atom is -0.257 e. The first-order valence-electron chi connectivity index (χ1n) is 3.93. The first-order chi connectivity index (χ1) is 5.33. The molecule has 0 spiro atoms. The van der Waals surface area contributed by atoms with Gasteiger partial charge >= 0.3 is 0 Å². The summed E-state index contributed by atoms with van der Waals surface area (Å²) in [6.07, 6.45) is 1.86. The maximum Gasteiger partial charge on any atom is 0.0599 e. The second-order valence-corrected chi connectivity index (χ2v) is 2.98. The van der Waals surface area contributed by atoms with Gasteiger partial charge in [-0.25, -0.2) is 0 Å². The highest BCUT2D eigenvalue weighted by molar-refractivity contribution is 7.45. The summed E-state index contributed by atoms with van der Waals surface area (Å²) >= 11 is 0. The molecule has 0 N–H and O–H groups in total. The van der Waals surface area contributed by atoms with Gasteiger partial charge < -0.3 is 0 Å². The van der Waals surface area contributed by atoms with Crippen LogP contribution < -0.4 is 5.44 Å². The highest BCUT2D eigenvalue weighted by Gasteiger charge is 1.87. The van der Waals surface area contributed by atoms with E-state index in [0.717, 1.165) is 8.58 Å². The van der Waals surface area contributed by atoms with Crippen LogP contribution in [0.4, 0.5) is 0 Å². The molecule has 0 aliphatic heterocycles. The van der Waals surface area contributed by atoms with Crippen LogP contribution in [0.25, 0.3) is 0 Å². The average molecular weight is 169 g/mol. The van der Waals surface area contributed by atoms with E-state index in [1.54, 1.807) is 0 Å². The molecule has 11 heavy (non-hydrogen) atoms. The first-order valence-corrected chi connectivity index (χ1v) is 5.43. The molecule has 1 unspecified atom stereocenters. The summed E-state index contributed by atoms with van der Waals surface area (Å²) in [5.74, 6) is 0. The van der Waals surface area contributed by atoms with Gasteiger partial charge in [0.2, 0.25) is 0 Å². The van der Waals surface area contributed by atoms with Gasteiger partial charge in [0, 0.05) is 6.20 Å². The lowest BCUT2D eigenvalue weighted by Crippen LogP contribution is -1.98. The minimum absolute atomic E-state index is 0.815. The number of pyridine rings is 1. The Kier molecular flexibility index (Phi) is 6.06. The Balaban J connectivity index is 0.000000461. The molecular formula is C9H16NP. The molecule has 0 saturated carbocycles. The molecule has 0 radical (unpaired) electrons. The number of hydrogen-bond donors (Lipinski definition) is 0. The van der Waals surface area contributed by atoms with Crippen molar-refractivity contribution in [2.24, 2.45) is 0 Å². The molecule has 2 heteroatoms. The normalized spacial score (nSPS) is 9.45. The van der Waals surface area contributed by atoms with E-state index in [1.165, 1.54) is 11.0 Å². The van der Waals surface area contributed by atoms with Crippen molar-refractivity contribution in [3.63, 3.8) is 0 Å². The van der Waals surface area contributed by atoms with E-state index < -0.39 is 0 Å². The predicted octanol–water partition coefficient (Wildman–Crippen LogP) is 2.35. The van der Waals surface area contributed by atoms with Crippen LogP contribution in [0.15, 0.2) is 18.3 Å². The summed E-state index contributed by atoms with van der Waals surface area (Å²) in [6, 6.07) is 4.14. The van der Waals surface area contributed by atoms with E-state index in [0.29, 0.717) is 0 Å². The summed E-state index contributed by atoms with van der Waals surface area (Å²) in [7, 11) is 0.815. The van der Waals surface area contributed by atoms with E-state index in [9.17, 15) is 0 Å². The molecular weight excluding hydrogens is 153 g/mol. The van der Waals surface area contributed by atoms with Crippen LogP contribution in [-0.4, -0.2) is 11.6 Å². The van der Waals surface area contributed by atoms with Crippen LogP contribution in [0.5, 0.6) is 0 Å². The van der Waals surface area contributed by atoms with Crippen molar-refractivity contribution in [1.29, 1.82) is 0 Å². The molecule has 0 saturated heterocycles. The first kappa shape index (κ1) is 10.6. The van der Waals surface area contributed by atoms with Crippen LogP contribution in [0, 0.1) is 6.92 Å². The van der Waals surface area contributed by atoms with Crippen molar-refractivity contribution in [1.82, 2.24) is 4.98 Å². The third-order valence-electron chi connectivity index (χ3n) is 1.17. The minimum atomic E-state index is 0.815. The molecule has 1 aromatic rings. The van der Waals surface area contributed by atoms with Crippen molar-refractivity contribution in [2.75, 3.05) is 6.66 Å². The van der Waals surface area contributed by atoms with E-state index in [-0.39, 0.29) is 0 Å². The summed E-state index contributed by atoms with van der Waals surface area (Å²) < 4.78 is 0. The van der Waals surface area contributed by atoms with Gasteiger partial charge in [0.1, 0.15) is 0 Å². The molecule has 0 aliphatic rings. The monoisotopic (exact) mass is 169 g/mol. The molecule has 1 heterocycles. The van der Waals surface area contributed by atoms with Crippen molar-refractivity contribution in [2.45, 2.75) is 20.8 Å². The quantitative estimate of drug-likeness (QED) is 0.588. The number of nitrogens with zero attached hydrogens (tertiary/aromatic N) is 1. The topological polar surface area (TPSA) is 12.9 Å². The molecule has 0 amide bonds. The lowest BCUT2D eigenvalue weighted by Gasteiger charge is -1.94. The molecule has 62 valence electrons. The van der Waals surface area contributed by atoms with Crippen LogP contribution in [0.3, 0.4) is 0 Å². The number of rotatable bonds is 1. The van der Waals surface area contributed by atoms with Gasteiger partial charge in [0.05, 0.1) is 5.44 Å². The highest BCUT2D eigenvalue weighted by atomic mass is 31.1. The molecule has 0 aromatic carbocycles. The fraction of sp³-hybridized carbons (Fsp3) is 0.444. The van der Waals surface area contributed by atoms with Gasteiger partial charge in [-0.3, -0.25) is 4.98 Å². The molecule has 0 bridgehead atoms. The SMILES string of the molecule is CC.CPc1cc(C)ccn1. The summed E-state index contributed by atoms with van der Waals surface area (Å²) in [6.45, 7) is 8.23. The summed E-state index contributed by atoms with van der Waals surface area (Å²) in [4.78, 5) is 4.17. The van der Waals surface area contributed by atoms with Crippen molar-refractivity contribution in [3.8, 4) is 0 Å². The molecule has 0 aliphatic carbocycles. The van der Waals surface area contributed by atoms with Gasteiger partial charge in [0.25, 0.3) is 0 Å². The molecule has 1 nitrogen and oxygen atoms in total. The second-order valence-electron chi connectivity index (χ2n) is 1.97. The lowest BCUT2D eigenvalue weighted by atomic mass is 10.3. The largest absolute Gasteiger partial charge is 0.257 e. The number of aryl methyl sites for hydroxylation is 1. The van der Waals surface area contributed by atoms with E-state index in [4.69, 9.17) is 0 Å². The maximum absolute atomic E-state index is 4.17. The predicted molar refractivity (Wildman–Crippen MR) is 54.2 cm³/mol. The van der Waals surface area contributed by atoms with Crippen LogP contribution in [0.1, 0.15) is 19.4 Å². The fourth-order valence-corrected chi connectivity index (χ4v) is 1.25. The van der Waals surface area contributed by atoms with Crippen molar-refractivity contribution >= 4 is 14.0 Å². The fourth-order valence-electron chi connectivity index (χ4n) is 0.673. The molecule has 1 aromatic heterocycles. The molecule has 1 rings (SSSR count). The summed E-state index contributed by atoms with van der Waals surface area (Å²) in [5, 5.41) is 0. The molecule has 0 fully saturated rings. The van der Waals surface area contributed by atoms with Gasteiger partial charge in [-0.15, -0.1) is 0 Å². The smallest absolute Gasteiger partial charge is 0.0599 e. The van der Waals surface area contributed by atoms with Gasteiger partial charge in [-0.1, -0.05) is 22.4 Å². The van der Waals surface area contributed by atoms with Gasteiger partial charge in [0.15, 0.2) is 0 Å². The van der Waals surface area contributed by atoms with Gasteiger partial charge in [-0.05, 0) is 31.3 Å². The number of aromatic nitrogens is 1. The number of hydrogen-bond acceptors (Lipinski definition) is 1. The Labute approximate surface area is 71.0 Å². The third kappa shape index (κ3) is 4.10. The Bertz CT molecular complexity index is 199. The highest BCUT2D eigenvalue weighted by Crippen LogP contribution is 2.01. The molecule has 1 atom stereocenters. The lowest BCUT2D eigenvalue weighted by molar-refractivity contribution is 1.34. The zero-order valence-electron chi connectivity index (χ0n) is 7.68. The van der Waals surface area contributed by atoms with E-state index in [2.05, 4.69) is 24.6 Å². The summed E-state index contributed by atoms with van der Waals surface area (Å²) in [5.41, 5.74) is 2.50. The Hall–Kier alpha value is -0.420. The zero-order valence-corrected chi connectivity index (χ0v) is 8.68. The van der Waals surface area contributed by atoms with E-state index >= 15 is 0 Å². The zero-order chi connectivity index (χ0) is 8.69. The van der Waals surface area contributed by atoms with Gasteiger partial charge in [-0.2, -0.15) is 0 Å². The Morgan fingerprint density at radius 2 is 2.00 bits per heavy atom. The Morgan fingerprint density at radius 1 is 1.36 bits per heavy atom. The third-order valence-corrected chi connectivity index (χ3v) is 1.96.